The van der Waals surface area contributed by atoms with E-state index in [1.54, 1.807) is 12.1 Å². The average molecular weight is 430 g/mol. The van der Waals surface area contributed by atoms with Crippen LogP contribution in [0.3, 0.4) is 0 Å². The number of rotatable bonds is 10. The van der Waals surface area contributed by atoms with Crippen molar-refractivity contribution >= 4 is 42.0 Å². The van der Waals surface area contributed by atoms with Gasteiger partial charge in [-0.05, 0) is 36.5 Å². The van der Waals surface area contributed by atoms with Crippen molar-refractivity contribution in [2.45, 2.75) is 38.8 Å². The van der Waals surface area contributed by atoms with Crippen LogP contribution >= 0.6 is 24.2 Å². The first-order valence-electron chi connectivity index (χ1n) is 9.00. The van der Waals surface area contributed by atoms with E-state index in [2.05, 4.69) is 28.0 Å². The Bertz CT molecular complexity index is 700. The van der Waals surface area contributed by atoms with Crippen LogP contribution in [0.25, 0.3) is 0 Å². The maximum atomic E-state index is 12.3. The highest BCUT2D eigenvalue weighted by atomic mass is 35.5. The number of hydrogen-bond acceptors (Lipinski definition) is 6. The fourth-order valence-corrected chi connectivity index (χ4v) is 3.06. The molecule has 1 aromatic rings. The third kappa shape index (κ3) is 7.69. The van der Waals surface area contributed by atoms with E-state index in [0.29, 0.717) is 30.0 Å². The molecule has 7 nitrogen and oxygen atoms in total. The second-order valence-electron chi connectivity index (χ2n) is 6.82. The molecule has 0 saturated heterocycles. The van der Waals surface area contributed by atoms with Crippen LogP contribution in [0.1, 0.15) is 36.2 Å². The molecule has 0 fully saturated rings. The van der Waals surface area contributed by atoms with Crippen LogP contribution in [0.4, 0.5) is 0 Å². The van der Waals surface area contributed by atoms with Gasteiger partial charge in [0.05, 0.1) is 18.7 Å². The van der Waals surface area contributed by atoms with Gasteiger partial charge in [-0.25, -0.2) is 4.79 Å². The van der Waals surface area contributed by atoms with Gasteiger partial charge in [0, 0.05) is 17.3 Å². The summed E-state index contributed by atoms with van der Waals surface area (Å²) in [5.74, 6) is -0.753. The Morgan fingerprint density at radius 2 is 1.93 bits per heavy atom. The summed E-state index contributed by atoms with van der Waals surface area (Å²) in [6, 6.07) is 3.41. The van der Waals surface area contributed by atoms with E-state index >= 15 is 0 Å². The van der Waals surface area contributed by atoms with Crippen molar-refractivity contribution in [2.75, 3.05) is 19.4 Å². The molecule has 0 heterocycles. The van der Waals surface area contributed by atoms with E-state index in [4.69, 9.17) is 17.3 Å². The number of nitrogens with one attached hydrogen (secondary N) is 2. The van der Waals surface area contributed by atoms with Gasteiger partial charge < -0.3 is 21.1 Å². The summed E-state index contributed by atoms with van der Waals surface area (Å²) in [6.07, 6.45) is 0.999. The third-order valence-corrected chi connectivity index (χ3v) is 4.76. The van der Waals surface area contributed by atoms with Crippen LogP contribution in [0.5, 0.6) is 0 Å². The minimum Gasteiger partial charge on any atom is -0.465 e. The number of nitrogens with two attached hydrogens (primary N) is 1. The highest BCUT2D eigenvalue weighted by molar-refractivity contribution is 7.80. The van der Waals surface area contributed by atoms with Crippen molar-refractivity contribution in [3.05, 3.63) is 34.3 Å². The number of esters is 1. The van der Waals surface area contributed by atoms with Gasteiger partial charge in [-0.1, -0.05) is 31.5 Å². The average Bonchev–Trinajstić information content (AvgIpc) is 2.65. The molecule has 9 heteroatoms. The van der Waals surface area contributed by atoms with Crippen LogP contribution in [0.2, 0.25) is 5.02 Å². The molecule has 0 aliphatic rings. The van der Waals surface area contributed by atoms with Gasteiger partial charge in [-0.3, -0.25) is 9.59 Å². The fraction of sp³-hybridized carbons (Fsp3) is 0.526. The van der Waals surface area contributed by atoms with Gasteiger partial charge in [0.25, 0.3) is 0 Å². The predicted octanol–water partition coefficient (Wildman–Crippen LogP) is 1.57. The number of hydrogen-bond donors (Lipinski definition) is 4. The lowest BCUT2D eigenvalue weighted by Crippen LogP contribution is -2.53. The molecule has 2 atom stereocenters. The molecule has 156 valence electrons. The van der Waals surface area contributed by atoms with E-state index in [-0.39, 0.29) is 23.5 Å². The lowest BCUT2D eigenvalue weighted by molar-refractivity contribution is -0.129. The highest BCUT2D eigenvalue weighted by Gasteiger charge is 2.23. The Labute approximate surface area is 176 Å². The zero-order valence-corrected chi connectivity index (χ0v) is 18.0. The van der Waals surface area contributed by atoms with E-state index in [9.17, 15) is 14.4 Å². The molecule has 1 aromatic carbocycles. The molecule has 0 aliphatic heterocycles. The highest BCUT2D eigenvalue weighted by Crippen LogP contribution is 2.18. The molecule has 1 rings (SSSR count). The minimum absolute atomic E-state index is 0.153. The van der Waals surface area contributed by atoms with Gasteiger partial charge >= 0.3 is 5.97 Å². The molecule has 4 N–H and O–H groups in total. The molecule has 0 saturated carbocycles. The number of carbonyl (C=O) groups is 3. The third-order valence-electron chi connectivity index (χ3n) is 4.05. The molecule has 28 heavy (non-hydrogen) atoms. The molecule has 0 spiro atoms. The monoisotopic (exact) mass is 429 g/mol. The van der Waals surface area contributed by atoms with Crippen molar-refractivity contribution in [3.8, 4) is 0 Å². The van der Waals surface area contributed by atoms with Crippen LogP contribution in [0, 0.1) is 5.92 Å². The number of methoxy groups -OCH3 is 1. The summed E-state index contributed by atoms with van der Waals surface area (Å²) in [7, 11) is 1.30. The zero-order chi connectivity index (χ0) is 21.3. The summed E-state index contributed by atoms with van der Waals surface area (Å²) in [5, 5.41) is 5.79. The largest absolute Gasteiger partial charge is 0.465 e. The standard InChI is InChI=1S/C19H28ClN3O4S/c1-11(2)8-15(21)17(24)23-16(10-28)18(25)22-7-6-12-4-5-13(9-14(12)20)19(26)27-3/h4-5,9,11,15-16,28H,6-8,10,21H2,1-3H3,(H,22,25)(H,23,24)/t15-,16-/m0/s1. The molecule has 0 radical (unpaired) electrons. The summed E-state index contributed by atoms with van der Waals surface area (Å²) in [6.45, 7) is 4.26. The van der Waals surface area contributed by atoms with Gasteiger partial charge in [0.2, 0.25) is 11.8 Å². The van der Waals surface area contributed by atoms with Gasteiger partial charge in [-0.2, -0.15) is 12.6 Å². The Kier molecular flexibility index (Phi) is 10.3. The second-order valence-corrected chi connectivity index (χ2v) is 7.59. The predicted molar refractivity (Wildman–Crippen MR) is 113 cm³/mol. The Morgan fingerprint density at radius 3 is 2.46 bits per heavy atom. The molecular formula is C19H28ClN3O4S. The Balaban J connectivity index is 2.56. The SMILES string of the molecule is COC(=O)c1ccc(CCNC(=O)[C@H](CS)NC(=O)[C@@H](N)CC(C)C)c(Cl)c1. The molecule has 0 aliphatic carbocycles. The molecule has 2 amide bonds. The number of benzene rings is 1. The Hall–Kier alpha value is -1.77. The van der Waals surface area contributed by atoms with Gasteiger partial charge in [0.15, 0.2) is 0 Å². The van der Waals surface area contributed by atoms with Gasteiger partial charge in [0.1, 0.15) is 6.04 Å². The summed E-state index contributed by atoms with van der Waals surface area (Å²) in [4.78, 5) is 35.9. The van der Waals surface area contributed by atoms with Crippen LogP contribution < -0.4 is 16.4 Å². The maximum absolute atomic E-state index is 12.3. The first-order valence-corrected chi connectivity index (χ1v) is 10.0. The number of halogens is 1. The lowest BCUT2D eigenvalue weighted by Gasteiger charge is -2.20. The number of ether oxygens (including phenoxy) is 1. The normalized spacial score (nSPS) is 13.0. The van der Waals surface area contributed by atoms with Crippen molar-refractivity contribution in [2.24, 2.45) is 11.7 Å². The van der Waals surface area contributed by atoms with E-state index in [1.807, 2.05) is 13.8 Å². The molecule has 0 bridgehead atoms. The maximum Gasteiger partial charge on any atom is 0.337 e. The van der Waals surface area contributed by atoms with Crippen molar-refractivity contribution < 1.29 is 19.1 Å². The van der Waals surface area contributed by atoms with E-state index in [1.165, 1.54) is 13.2 Å². The van der Waals surface area contributed by atoms with Crippen LogP contribution in [-0.2, 0) is 20.7 Å². The second kappa shape index (κ2) is 11.9. The smallest absolute Gasteiger partial charge is 0.337 e. The number of amides is 2. The summed E-state index contributed by atoms with van der Waals surface area (Å²) >= 11 is 10.3. The molecule has 0 aromatic heterocycles. The van der Waals surface area contributed by atoms with Gasteiger partial charge in [-0.15, -0.1) is 0 Å². The van der Waals surface area contributed by atoms with E-state index < -0.39 is 18.1 Å². The van der Waals surface area contributed by atoms with Crippen LogP contribution in [0.15, 0.2) is 18.2 Å². The van der Waals surface area contributed by atoms with Crippen LogP contribution in [-0.4, -0.2) is 49.3 Å². The first-order chi connectivity index (χ1) is 13.2. The molecule has 0 unspecified atom stereocenters. The lowest BCUT2D eigenvalue weighted by atomic mass is 10.0. The summed E-state index contributed by atoms with van der Waals surface area (Å²) < 4.78 is 4.65. The van der Waals surface area contributed by atoms with E-state index in [0.717, 1.165) is 5.56 Å². The van der Waals surface area contributed by atoms with Crippen molar-refractivity contribution in [1.29, 1.82) is 0 Å². The van der Waals surface area contributed by atoms with Crippen molar-refractivity contribution in [3.63, 3.8) is 0 Å². The van der Waals surface area contributed by atoms with Crippen molar-refractivity contribution in [1.82, 2.24) is 10.6 Å². The quantitative estimate of drug-likeness (QED) is 0.333. The molecular weight excluding hydrogens is 402 g/mol. The number of thiol groups is 1. The minimum atomic E-state index is -0.772. The fourth-order valence-electron chi connectivity index (χ4n) is 2.53. The first kappa shape index (κ1) is 24.3. The number of carbonyl (C=O) groups excluding carboxylic acids is 3. The topological polar surface area (TPSA) is 111 Å². The summed E-state index contributed by atoms with van der Waals surface area (Å²) in [5.41, 5.74) is 6.98. The Morgan fingerprint density at radius 1 is 1.25 bits per heavy atom. The zero-order valence-electron chi connectivity index (χ0n) is 16.3.